The fourth-order valence-electron chi connectivity index (χ4n) is 7.01. The fourth-order valence-corrected chi connectivity index (χ4v) is 7.01. The summed E-state index contributed by atoms with van der Waals surface area (Å²) in [4.78, 5) is 63.1. The van der Waals surface area contributed by atoms with Crippen molar-refractivity contribution in [2.75, 3.05) is 20.1 Å². The minimum atomic E-state index is -1.03. The molecule has 2 bridgehead atoms. The maximum Gasteiger partial charge on any atom is 0.255 e. The molecule has 53 heavy (non-hydrogen) atoms. The minimum absolute atomic E-state index is 0.00984. The molecule has 3 N–H and O–H groups in total. The summed E-state index contributed by atoms with van der Waals surface area (Å²) >= 11 is 0. The van der Waals surface area contributed by atoms with Crippen LogP contribution in [0.1, 0.15) is 99.9 Å². The molecule has 3 aromatic rings. The maximum atomic E-state index is 14.3. The summed E-state index contributed by atoms with van der Waals surface area (Å²) in [7, 11) is 1.57. The molecular weight excluding hydrogens is 676 g/mol. The smallest absolute Gasteiger partial charge is 0.255 e. The first-order valence-corrected chi connectivity index (χ1v) is 18.9. The lowest BCUT2D eigenvalue weighted by Crippen LogP contribution is -2.57. The van der Waals surface area contributed by atoms with Crippen LogP contribution < -0.4 is 15.4 Å². The minimum Gasteiger partial charge on any atom is -0.483 e. The van der Waals surface area contributed by atoms with Crippen molar-refractivity contribution >= 4 is 23.6 Å². The van der Waals surface area contributed by atoms with Gasteiger partial charge < -0.3 is 30.3 Å². The Labute approximate surface area is 311 Å². The summed E-state index contributed by atoms with van der Waals surface area (Å²) in [5.74, 6) is -1.41. The van der Waals surface area contributed by atoms with Crippen molar-refractivity contribution in [1.82, 2.24) is 40.4 Å². The highest BCUT2D eigenvalue weighted by Crippen LogP contribution is 2.27. The molecular formula is C39H54N8O6. The van der Waals surface area contributed by atoms with Gasteiger partial charge in [-0.25, -0.2) is 0 Å². The summed E-state index contributed by atoms with van der Waals surface area (Å²) in [6.45, 7) is 6.85. The Hall–Kier alpha value is -4.85. The van der Waals surface area contributed by atoms with Crippen LogP contribution in [0.25, 0.3) is 0 Å². The summed E-state index contributed by atoms with van der Waals surface area (Å²) in [5.41, 5.74) is 1.66. The number of rotatable bonds is 4. The number of benzene rings is 1. The summed E-state index contributed by atoms with van der Waals surface area (Å²) in [5, 5.41) is 25.3. The highest BCUT2D eigenvalue weighted by molar-refractivity contribution is 6.00. The summed E-state index contributed by atoms with van der Waals surface area (Å²) < 4.78 is 8.05. The van der Waals surface area contributed by atoms with Crippen LogP contribution in [0, 0.1) is 5.92 Å². The molecule has 5 atom stereocenters. The second-order valence-corrected chi connectivity index (χ2v) is 14.7. The van der Waals surface area contributed by atoms with Crippen LogP contribution >= 0.6 is 0 Å². The molecule has 14 heteroatoms. The van der Waals surface area contributed by atoms with E-state index in [1.807, 2.05) is 37.7 Å². The first-order chi connectivity index (χ1) is 25.5. The molecule has 1 saturated heterocycles. The Morgan fingerprint density at radius 3 is 2.49 bits per heavy atom. The molecule has 4 heterocycles. The van der Waals surface area contributed by atoms with E-state index in [9.17, 15) is 24.3 Å². The number of para-hydroxylation sites is 1. The van der Waals surface area contributed by atoms with E-state index in [0.717, 1.165) is 50.6 Å². The zero-order valence-corrected chi connectivity index (χ0v) is 31.3. The third-order valence-corrected chi connectivity index (χ3v) is 9.95. The number of aromatic nitrogens is 4. The number of ether oxygens (including phenoxy) is 1. The number of pyridine rings is 1. The van der Waals surface area contributed by atoms with Crippen LogP contribution in [0.5, 0.6) is 5.75 Å². The van der Waals surface area contributed by atoms with Crippen molar-refractivity contribution in [3.05, 3.63) is 71.8 Å². The Balaban J connectivity index is 1.43. The van der Waals surface area contributed by atoms with E-state index < -0.39 is 48.1 Å². The number of aliphatic hydroxyl groups excluding tert-OH is 1. The molecule has 14 nitrogen and oxygen atoms in total. The van der Waals surface area contributed by atoms with Gasteiger partial charge in [-0.3, -0.25) is 28.8 Å². The molecule has 0 aliphatic carbocycles. The van der Waals surface area contributed by atoms with Gasteiger partial charge in [-0.1, -0.05) is 62.9 Å². The number of amides is 4. The molecule has 1 fully saturated rings. The lowest BCUT2D eigenvalue weighted by atomic mass is 10.0. The Bertz CT molecular complexity index is 1680. The van der Waals surface area contributed by atoms with Gasteiger partial charge in [0.25, 0.3) is 5.91 Å². The first-order valence-electron chi connectivity index (χ1n) is 18.9. The number of carbonyl (C=O) groups excluding carboxylic acids is 4. The van der Waals surface area contributed by atoms with Gasteiger partial charge in [0.1, 0.15) is 35.7 Å². The number of aliphatic hydroxyl groups is 1. The van der Waals surface area contributed by atoms with Crippen molar-refractivity contribution in [3.8, 4) is 5.75 Å². The summed E-state index contributed by atoms with van der Waals surface area (Å²) in [6.07, 6.45) is 10.1. The summed E-state index contributed by atoms with van der Waals surface area (Å²) in [6, 6.07) is 7.57. The highest BCUT2D eigenvalue weighted by Gasteiger charge is 2.44. The molecule has 0 saturated carbocycles. The van der Waals surface area contributed by atoms with E-state index in [4.69, 9.17) is 4.74 Å². The van der Waals surface area contributed by atoms with E-state index in [-0.39, 0.29) is 36.8 Å². The van der Waals surface area contributed by atoms with Crippen molar-refractivity contribution in [3.63, 3.8) is 0 Å². The predicted octanol–water partition coefficient (Wildman–Crippen LogP) is 3.46. The maximum absolute atomic E-state index is 14.3. The number of fused-ring (bicyclic) bond motifs is 4. The predicted molar refractivity (Wildman–Crippen MR) is 198 cm³/mol. The van der Waals surface area contributed by atoms with Crippen LogP contribution in [-0.4, -0.2) is 103 Å². The van der Waals surface area contributed by atoms with Crippen molar-refractivity contribution in [2.45, 2.75) is 115 Å². The van der Waals surface area contributed by atoms with Gasteiger partial charge in [-0.2, -0.15) is 0 Å². The van der Waals surface area contributed by atoms with E-state index in [1.165, 1.54) is 9.80 Å². The van der Waals surface area contributed by atoms with Crippen molar-refractivity contribution in [1.29, 1.82) is 0 Å². The van der Waals surface area contributed by atoms with Crippen LogP contribution in [0.3, 0.4) is 0 Å². The largest absolute Gasteiger partial charge is 0.483 e. The van der Waals surface area contributed by atoms with Gasteiger partial charge >= 0.3 is 0 Å². The zero-order valence-electron chi connectivity index (χ0n) is 31.3. The van der Waals surface area contributed by atoms with Crippen molar-refractivity contribution < 1.29 is 29.0 Å². The van der Waals surface area contributed by atoms with E-state index >= 15 is 0 Å². The number of nitrogens with zero attached hydrogens (tertiary/aromatic N) is 6. The van der Waals surface area contributed by atoms with Crippen LogP contribution in [-0.2, 0) is 27.3 Å². The molecule has 2 aromatic heterocycles. The Kier molecular flexibility index (Phi) is 13.9. The lowest BCUT2D eigenvalue weighted by Gasteiger charge is -2.34. The molecule has 1 aromatic carbocycles. The molecule has 2 aliphatic rings. The number of aryl methyl sites for hydroxylation is 1. The number of likely N-dealkylation sites (N-methyl/N-ethyl adjacent to an activating group) is 1. The number of carbonyl (C=O) groups is 4. The van der Waals surface area contributed by atoms with Gasteiger partial charge in [-0.05, 0) is 55.9 Å². The fraction of sp³-hybridized carbons (Fsp3) is 0.564. The lowest BCUT2D eigenvalue weighted by molar-refractivity contribution is -0.147. The normalized spacial score (nSPS) is 24.6. The second kappa shape index (κ2) is 18.8. The Morgan fingerprint density at radius 2 is 1.74 bits per heavy atom. The molecule has 0 radical (unpaired) electrons. The molecule has 0 unspecified atom stereocenters. The van der Waals surface area contributed by atoms with E-state index in [2.05, 4.69) is 25.9 Å². The van der Waals surface area contributed by atoms with Crippen LogP contribution in [0.15, 0.2) is 55.0 Å². The molecule has 0 spiro atoms. The monoisotopic (exact) mass is 730 g/mol. The quantitative estimate of drug-likeness (QED) is 0.364. The number of nitrogens with one attached hydrogen (secondary N) is 2. The topological polar surface area (TPSA) is 172 Å². The van der Waals surface area contributed by atoms with Crippen LogP contribution in [0.4, 0.5) is 0 Å². The SMILES string of the molecule is CC(C)C[C@H]1NC(=O)c2ccccc2O[C@H](C)c2cn(nn2)CCCCCCCCNC(=O)[C@H](Cc2cccnc2)N(C)C(=O)[C@H]2C[C@H](O)CN2C1=O. The van der Waals surface area contributed by atoms with E-state index in [1.54, 1.807) is 49.8 Å². The van der Waals surface area contributed by atoms with Crippen molar-refractivity contribution in [2.24, 2.45) is 5.92 Å². The second-order valence-electron chi connectivity index (χ2n) is 14.7. The molecule has 5 rings (SSSR count). The third kappa shape index (κ3) is 10.6. The van der Waals surface area contributed by atoms with Gasteiger partial charge in [0, 0.05) is 51.9 Å². The van der Waals surface area contributed by atoms with Gasteiger partial charge in [0.15, 0.2) is 0 Å². The number of hydrogen-bond donors (Lipinski definition) is 3. The van der Waals surface area contributed by atoms with E-state index in [0.29, 0.717) is 24.4 Å². The zero-order chi connectivity index (χ0) is 37.9. The third-order valence-electron chi connectivity index (χ3n) is 9.95. The van der Waals surface area contributed by atoms with Gasteiger partial charge in [0.2, 0.25) is 17.7 Å². The number of hydrogen-bond acceptors (Lipinski definition) is 9. The van der Waals surface area contributed by atoms with Gasteiger partial charge in [0.05, 0.1) is 17.9 Å². The Morgan fingerprint density at radius 1 is 0.981 bits per heavy atom. The average molecular weight is 731 g/mol. The standard InChI is InChI=1S/C39H54N8O6/c1-26(2)20-31-38(51)47-24-29(48)22-34(47)39(52)45(4)33(21-28-14-13-17-40-23-28)37(50)41-18-11-7-5-6-8-12-19-46-25-32(43-44-46)27(3)53-35-16-10-9-15-30(35)36(49)42-31/h9-10,13-17,23,25-27,29,31,33-34,48H,5-8,11-12,18-22,24H2,1-4H3,(H,41,50)(H,42,49)/t27-,29+,31-,33+,34-/m1/s1. The molecule has 286 valence electrons. The first kappa shape index (κ1) is 39.4. The van der Waals surface area contributed by atoms with Gasteiger partial charge in [-0.15, -0.1) is 5.10 Å². The van der Waals surface area contributed by atoms with Crippen LogP contribution in [0.2, 0.25) is 0 Å². The molecule has 4 amide bonds. The molecule has 2 aliphatic heterocycles. The highest BCUT2D eigenvalue weighted by atomic mass is 16.5. The average Bonchev–Trinajstić information content (AvgIpc) is 3.79.